The van der Waals surface area contributed by atoms with E-state index in [1.165, 1.54) is 10.2 Å². The molecule has 2 aromatic heterocycles. The van der Waals surface area contributed by atoms with Gasteiger partial charge in [-0.1, -0.05) is 74.9 Å². The van der Waals surface area contributed by atoms with Crippen LogP contribution in [0.2, 0.25) is 0 Å². The molecule has 0 radical (unpaired) electrons. The van der Waals surface area contributed by atoms with E-state index in [4.69, 9.17) is 5.73 Å². The lowest BCUT2D eigenvalue weighted by atomic mass is 9.87. The van der Waals surface area contributed by atoms with E-state index < -0.39 is 9.84 Å². The maximum Gasteiger partial charge on any atom is 0.212 e. The topological polar surface area (TPSA) is 103 Å². The molecule has 0 saturated heterocycles. The van der Waals surface area contributed by atoms with E-state index in [2.05, 4.69) is 48.0 Å². The second-order valence-electron chi connectivity index (χ2n) is 9.84. The van der Waals surface area contributed by atoms with Crippen molar-refractivity contribution in [1.82, 2.24) is 14.6 Å². The minimum Gasteiger partial charge on any atom is -0.382 e. The fraction of sp³-hybridized carbons (Fsp3) is 0.179. The normalized spacial score (nSPS) is 12.7. The first-order chi connectivity index (χ1) is 17.1. The summed E-state index contributed by atoms with van der Waals surface area (Å²) < 4.78 is 28.8. The molecule has 2 N–H and O–H groups in total. The number of nitrogens with zero attached hydrogens (tertiary/aromatic N) is 4. The van der Waals surface area contributed by atoms with Crippen LogP contribution in [0.5, 0.6) is 0 Å². The van der Waals surface area contributed by atoms with Gasteiger partial charge in [-0.2, -0.15) is 9.78 Å². The van der Waals surface area contributed by atoms with E-state index in [1.807, 2.05) is 37.3 Å². The maximum atomic E-state index is 13.7. The Hall–Kier alpha value is -4.04. The fourth-order valence-electron chi connectivity index (χ4n) is 4.03. The summed E-state index contributed by atoms with van der Waals surface area (Å²) in [7, 11) is -3.99. The van der Waals surface area contributed by atoms with Gasteiger partial charge in [-0.3, -0.25) is 0 Å². The van der Waals surface area contributed by atoms with Gasteiger partial charge in [-0.05, 0) is 47.7 Å². The van der Waals surface area contributed by atoms with Crippen LogP contribution in [-0.2, 0) is 15.3 Å². The van der Waals surface area contributed by atoms with Gasteiger partial charge in [-0.15, -0.1) is 0 Å². The quantitative estimate of drug-likeness (QED) is 0.331. The number of nitrogens with two attached hydrogens (primary N) is 1. The summed E-state index contributed by atoms with van der Waals surface area (Å²) in [5.41, 5.74) is 11.2. The largest absolute Gasteiger partial charge is 0.382 e. The molecule has 0 unspecified atom stereocenters. The predicted octanol–water partition coefficient (Wildman–Crippen LogP) is 5.49. The molecule has 0 saturated carbocycles. The summed E-state index contributed by atoms with van der Waals surface area (Å²) in [4.78, 5) is 9.36. The maximum absolute atomic E-state index is 13.7. The first kappa shape index (κ1) is 23.7. The summed E-state index contributed by atoms with van der Waals surface area (Å²) in [5.74, 6) is -0.0385. The Morgan fingerprint density at radius 2 is 1.50 bits per heavy atom. The first-order valence-electron chi connectivity index (χ1n) is 11.6. The molecule has 0 aliphatic heterocycles. The number of para-hydroxylation sites is 2. The predicted molar refractivity (Wildman–Crippen MR) is 144 cm³/mol. The van der Waals surface area contributed by atoms with Gasteiger partial charge in [0.15, 0.2) is 5.65 Å². The van der Waals surface area contributed by atoms with Gasteiger partial charge >= 0.3 is 0 Å². The summed E-state index contributed by atoms with van der Waals surface area (Å²) in [6.07, 6.45) is 1.64. The van der Waals surface area contributed by atoms with Gasteiger partial charge in [0.05, 0.1) is 22.1 Å². The Kier molecular flexibility index (Phi) is 5.64. The molecule has 7 nitrogen and oxygen atoms in total. The van der Waals surface area contributed by atoms with Crippen molar-refractivity contribution in [3.05, 3.63) is 89.5 Å². The minimum absolute atomic E-state index is 0.0343. The van der Waals surface area contributed by atoms with E-state index in [9.17, 15) is 8.42 Å². The zero-order valence-corrected chi connectivity index (χ0v) is 21.4. The summed E-state index contributed by atoms with van der Waals surface area (Å²) >= 11 is 0. The smallest absolute Gasteiger partial charge is 0.212 e. The molecule has 2 heterocycles. The van der Waals surface area contributed by atoms with Crippen LogP contribution in [0.3, 0.4) is 0 Å². The van der Waals surface area contributed by atoms with Gasteiger partial charge in [0.25, 0.3) is 0 Å². The van der Waals surface area contributed by atoms with E-state index in [0.29, 0.717) is 11.0 Å². The highest BCUT2D eigenvalue weighted by atomic mass is 32.2. The lowest BCUT2D eigenvalue weighted by Crippen LogP contribution is -2.10. The highest BCUT2D eigenvalue weighted by Crippen LogP contribution is 2.35. The number of aromatic nitrogens is 3. The average molecular weight is 498 g/mol. The van der Waals surface area contributed by atoms with Gasteiger partial charge in [0.2, 0.25) is 9.84 Å². The molecule has 182 valence electrons. The van der Waals surface area contributed by atoms with E-state index in [0.717, 1.165) is 11.1 Å². The molecular weight excluding hydrogens is 470 g/mol. The third kappa shape index (κ3) is 4.13. The second kappa shape index (κ2) is 8.57. The van der Waals surface area contributed by atoms with Crippen LogP contribution in [0.15, 0.2) is 87.7 Å². The molecule has 5 aromatic rings. The zero-order chi connectivity index (χ0) is 25.7. The van der Waals surface area contributed by atoms with E-state index in [-0.39, 0.29) is 32.2 Å². The standard InChI is InChI=1S/C28H27N5O2S/c1-18-9-15-21(16-10-18)36(34,35)25-24-27(32-23-8-6-5-7-22(23)31-24)33(26(25)29)30-17-19-11-13-20(14-12-19)28(2,3)4/h5-17H,29H2,1-4H3/b30-17-. The van der Waals surface area contributed by atoms with Crippen LogP contribution in [-0.4, -0.2) is 29.3 Å². The summed E-state index contributed by atoms with van der Waals surface area (Å²) in [5, 5.41) is 4.54. The molecule has 3 aromatic carbocycles. The molecular formula is C28H27N5O2S. The lowest BCUT2D eigenvalue weighted by molar-refractivity contribution is 0.590. The molecule has 0 aliphatic carbocycles. The summed E-state index contributed by atoms with van der Waals surface area (Å²) in [6, 6.07) is 22.0. The monoisotopic (exact) mass is 497 g/mol. The van der Waals surface area contributed by atoms with Crippen molar-refractivity contribution in [2.24, 2.45) is 5.10 Å². The zero-order valence-electron chi connectivity index (χ0n) is 20.6. The molecule has 0 amide bonds. The van der Waals surface area contributed by atoms with Crippen molar-refractivity contribution >= 4 is 44.1 Å². The molecule has 0 atom stereocenters. The van der Waals surface area contributed by atoms with Crippen LogP contribution in [0.25, 0.3) is 22.2 Å². The van der Waals surface area contributed by atoms with Crippen molar-refractivity contribution in [1.29, 1.82) is 0 Å². The number of hydrogen-bond acceptors (Lipinski definition) is 6. The minimum atomic E-state index is -3.99. The van der Waals surface area contributed by atoms with Crippen LogP contribution < -0.4 is 5.73 Å². The van der Waals surface area contributed by atoms with Crippen LogP contribution in [0, 0.1) is 6.92 Å². The Morgan fingerprint density at radius 3 is 2.11 bits per heavy atom. The molecule has 5 rings (SSSR count). The number of sulfone groups is 1. The molecule has 8 heteroatoms. The van der Waals surface area contributed by atoms with Gasteiger partial charge in [0.1, 0.15) is 16.2 Å². The van der Waals surface area contributed by atoms with E-state index >= 15 is 0 Å². The SMILES string of the molecule is Cc1ccc(S(=O)(=O)c2c(N)n(/N=C\c3ccc(C(C)(C)C)cc3)c3nc4ccccc4nc23)cc1. The fourth-order valence-corrected chi connectivity index (χ4v) is 5.52. The first-order valence-corrected chi connectivity index (χ1v) is 13.1. The lowest BCUT2D eigenvalue weighted by Gasteiger charge is -2.18. The van der Waals surface area contributed by atoms with Crippen molar-refractivity contribution in [2.45, 2.75) is 42.9 Å². The Balaban J connectivity index is 1.71. The number of nitrogen functional groups attached to an aromatic ring is 1. The second-order valence-corrected chi connectivity index (χ2v) is 11.7. The number of aryl methyl sites for hydroxylation is 1. The third-order valence-electron chi connectivity index (χ3n) is 6.13. The van der Waals surface area contributed by atoms with Gasteiger partial charge < -0.3 is 5.73 Å². The highest BCUT2D eigenvalue weighted by molar-refractivity contribution is 7.92. The third-order valence-corrected chi connectivity index (χ3v) is 7.96. The summed E-state index contributed by atoms with van der Waals surface area (Å²) in [6.45, 7) is 8.36. The molecule has 0 spiro atoms. The van der Waals surface area contributed by atoms with Crippen molar-refractivity contribution < 1.29 is 8.42 Å². The Morgan fingerprint density at radius 1 is 0.889 bits per heavy atom. The average Bonchev–Trinajstić information content (AvgIpc) is 3.11. The molecule has 0 aliphatic rings. The Labute approximate surface area is 210 Å². The number of hydrogen-bond donors (Lipinski definition) is 1. The highest BCUT2D eigenvalue weighted by Gasteiger charge is 2.30. The van der Waals surface area contributed by atoms with Crippen LogP contribution in [0.1, 0.15) is 37.5 Å². The van der Waals surface area contributed by atoms with Crippen molar-refractivity contribution in [3.8, 4) is 0 Å². The molecule has 0 bridgehead atoms. The van der Waals surface area contributed by atoms with Crippen LogP contribution >= 0.6 is 0 Å². The van der Waals surface area contributed by atoms with E-state index in [1.54, 1.807) is 36.5 Å². The Bertz CT molecular complexity index is 1730. The number of rotatable bonds is 4. The number of fused-ring (bicyclic) bond motifs is 2. The molecule has 0 fully saturated rings. The van der Waals surface area contributed by atoms with Gasteiger partial charge in [-0.25, -0.2) is 18.4 Å². The van der Waals surface area contributed by atoms with Gasteiger partial charge in [0, 0.05) is 0 Å². The van der Waals surface area contributed by atoms with Crippen molar-refractivity contribution in [3.63, 3.8) is 0 Å². The van der Waals surface area contributed by atoms with Crippen molar-refractivity contribution in [2.75, 3.05) is 5.73 Å². The van der Waals surface area contributed by atoms with Crippen LogP contribution in [0.4, 0.5) is 5.82 Å². The number of anilines is 1. The number of benzene rings is 3. The molecule has 36 heavy (non-hydrogen) atoms.